The van der Waals surface area contributed by atoms with E-state index in [9.17, 15) is 14.0 Å². The second kappa shape index (κ2) is 9.49. The summed E-state index contributed by atoms with van der Waals surface area (Å²) in [4.78, 5) is 30.8. The fraction of sp³-hybridized carbons (Fsp3) is 0.0952. The lowest BCUT2D eigenvalue weighted by Gasteiger charge is -2.18. The number of rotatable bonds is 6. The molecule has 0 aliphatic heterocycles. The van der Waals surface area contributed by atoms with Crippen LogP contribution < -0.4 is 10.2 Å². The van der Waals surface area contributed by atoms with Crippen LogP contribution in [0.2, 0.25) is 0 Å². The molecular weight excluding hydrogens is 409 g/mol. The minimum Gasteiger partial charge on any atom is -0.323 e. The zero-order chi connectivity index (χ0) is 20.8. The van der Waals surface area contributed by atoms with Crippen LogP contribution in [0.15, 0.2) is 64.9 Å². The molecule has 29 heavy (non-hydrogen) atoms. The van der Waals surface area contributed by atoms with E-state index in [0.717, 1.165) is 4.90 Å². The van der Waals surface area contributed by atoms with Gasteiger partial charge in [0.25, 0.3) is 0 Å². The van der Waals surface area contributed by atoms with Crippen LogP contribution in [0, 0.1) is 5.82 Å². The third-order valence-electron chi connectivity index (χ3n) is 3.87. The Labute approximate surface area is 176 Å². The highest BCUT2D eigenvalue weighted by Crippen LogP contribution is 2.31. The Bertz CT molecular complexity index is 1050. The summed E-state index contributed by atoms with van der Waals surface area (Å²) in [5, 5.41) is 4.80. The lowest BCUT2D eigenvalue weighted by molar-refractivity contribution is -0.116. The van der Waals surface area contributed by atoms with Crippen LogP contribution in [0.25, 0.3) is 6.08 Å². The molecule has 0 spiro atoms. The summed E-state index contributed by atoms with van der Waals surface area (Å²) in [5.74, 6) is -1.16. The van der Waals surface area contributed by atoms with Crippen LogP contribution in [0.5, 0.6) is 0 Å². The quantitative estimate of drug-likeness (QED) is 0.426. The first-order chi connectivity index (χ1) is 14.0. The monoisotopic (exact) mass is 427 g/mol. The molecule has 0 bridgehead atoms. The number of hydrogen-bond acceptors (Lipinski definition) is 5. The minimum absolute atomic E-state index is 0.135. The first kappa shape index (κ1) is 20.8. The van der Waals surface area contributed by atoms with Crippen molar-refractivity contribution in [2.24, 2.45) is 0 Å². The van der Waals surface area contributed by atoms with Crippen molar-refractivity contribution in [3.63, 3.8) is 0 Å². The summed E-state index contributed by atoms with van der Waals surface area (Å²) in [7, 11) is 0. The number of benzene rings is 2. The number of para-hydroxylation sites is 1. The third-order valence-corrected chi connectivity index (χ3v) is 5.46. The van der Waals surface area contributed by atoms with E-state index in [0.29, 0.717) is 16.5 Å². The first-order valence-electron chi connectivity index (χ1n) is 8.62. The van der Waals surface area contributed by atoms with Gasteiger partial charge in [0.1, 0.15) is 5.82 Å². The van der Waals surface area contributed by atoms with Crippen molar-refractivity contribution in [1.82, 2.24) is 4.98 Å². The average Bonchev–Trinajstić information content (AvgIpc) is 3.17. The zero-order valence-electron chi connectivity index (χ0n) is 15.8. The molecule has 0 radical (unpaired) electrons. The van der Waals surface area contributed by atoms with Crippen molar-refractivity contribution in [3.8, 4) is 0 Å². The molecule has 2 amide bonds. The largest absolute Gasteiger partial charge is 0.323 e. The molecule has 0 saturated heterocycles. The molecule has 1 aromatic heterocycles. The number of thiazole rings is 1. The number of aromatic nitrogens is 1. The van der Waals surface area contributed by atoms with Gasteiger partial charge in [0.2, 0.25) is 11.8 Å². The van der Waals surface area contributed by atoms with Gasteiger partial charge in [-0.05, 0) is 48.7 Å². The van der Waals surface area contributed by atoms with Crippen LogP contribution in [0.4, 0.5) is 20.9 Å². The number of hydrogen-bond donors (Lipinski definition) is 1. The Morgan fingerprint density at radius 2 is 1.90 bits per heavy atom. The lowest BCUT2D eigenvalue weighted by atomic mass is 10.3. The molecular formula is C21H18FN3O2S2. The van der Waals surface area contributed by atoms with Gasteiger partial charge in [-0.25, -0.2) is 9.37 Å². The van der Waals surface area contributed by atoms with Crippen molar-refractivity contribution in [3.05, 3.63) is 71.5 Å². The molecule has 8 heteroatoms. The second-order valence-corrected chi connectivity index (χ2v) is 7.63. The lowest BCUT2D eigenvalue weighted by Crippen LogP contribution is -2.23. The van der Waals surface area contributed by atoms with Crippen LogP contribution in [-0.2, 0) is 9.59 Å². The molecule has 2 aromatic carbocycles. The van der Waals surface area contributed by atoms with Crippen molar-refractivity contribution in [2.75, 3.05) is 16.5 Å². The number of nitrogens with zero attached hydrogens (tertiary/aromatic N) is 2. The van der Waals surface area contributed by atoms with Gasteiger partial charge in [0, 0.05) is 29.0 Å². The predicted molar refractivity (Wildman–Crippen MR) is 117 cm³/mol. The molecule has 148 valence electrons. The van der Waals surface area contributed by atoms with E-state index >= 15 is 0 Å². The number of nitrogens with one attached hydrogen (secondary N) is 1. The summed E-state index contributed by atoms with van der Waals surface area (Å²) >= 11 is 2.82. The Morgan fingerprint density at radius 3 is 2.55 bits per heavy atom. The first-order valence-corrected chi connectivity index (χ1v) is 10.7. The second-order valence-electron chi connectivity index (χ2n) is 5.91. The summed E-state index contributed by atoms with van der Waals surface area (Å²) in [6.45, 7) is 1.35. The van der Waals surface area contributed by atoms with Gasteiger partial charge >= 0.3 is 0 Å². The Morgan fingerprint density at radius 1 is 1.17 bits per heavy atom. The number of halogens is 1. The number of amides is 2. The zero-order valence-corrected chi connectivity index (χ0v) is 17.4. The predicted octanol–water partition coefficient (Wildman–Crippen LogP) is 5.34. The van der Waals surface area contributed by atoms with E-state index < -0.39 is 5.82 Å². The van der Waals surface area contributed by atoms with E-state index in [1.165, 1.54) is 41.4 Å². The highest BCUT2D eigenvalue weighted by molar-refractivity contribution is 7.98. The van der Waals surface area contributed by atoms with Gasteiger partial charge in [-0.1, -0.05) is 12.1 Å². The molecule has 0 aliphatic rings. The molecule has 0 saturated carbocycles. The van der Waals surface area contributed by atoms with E-state index in [4.69, 9.17) is 0 Å². The van der Waals surface area contributed by atoms with Gasteiger partial charge in [0.15, 0.2) is 5.13 Å². The van der Waals surface area contributed by atoms with Gasteiger partial charge in [0.05, 0.1) is 11.4 Å². The van der Waals surface area contributed by atoms with Crippen molar-refractivity contribution in [1.29, 1.82) is 0 Å². The Hall–Kier alpha value is -2.97. The molecule has 3 rings (SSSR count). The molecule has 3 aromatic rings. The summed E-state index contributed by atoms with van der Waals surface area (Å²) in [5.41, 5.74) is 1.33. The summed E-state index contributed by atoms with van der Waals surface area (Å²) < 4.78 is 14.1. The average molecular weight is 428 g/mol. The summed E-state index contributed by atoms with van der Waals surface area (Å²) in [6.07, 6.45) is 4.89. The fourth-order valence-electron chi connectivity index (χ4n) is 2.52. The van der Waals surface area contributed by atoms with Crippen LogP contribution >= 0.6 is 23.1 Å². The standard InChI is InChI=1S/C21H18FN3O2S2/c1-14(26)25(19-6-4-3-5-18(19)22)21-24-16(13-29-21)9-12-20(27)23-15-7-10-17(28-2)11-8-15/h3-13H,1-2H3,(H,23,27)/b12-9+. The molecule has 0 fully saturated rings. The molecule has 0 atom stereocenters. The maximum absolute atomic E-state index is 14.1. The van der Waals surface area contributed by atoms with Gasteiger partial charge < -0.3 is 5.32 Å². The fourth-order valence-corrected chi connectivity index (χ4v) is 3.77. The topological polar surface area (TPSA) is 62.3 Å². The van der Waals surface area contributed by atoms with Crippen molar-refractivity contribution >= 4 is 57.5 Å². The van der Waals surface area contributed by atoms with E-state index in [1.807, 2.05) is 30.5 Å². The summed E-state index contributed by atoms with van der Waals surface area (Å²) in [6, 6.07) is 13.5. The molecule has 0 unspecified atom stereocenters. The third kappa shape index (κ3) is 5.30. The van der Waals surface area contributed by atoms with Crippen molar-refractivity contribution < 1.29 is 14.0 Å². The van der Waals surface area contributed by atoms with E-state index in [2.05, 4.69) is 10.3 Å². The normalized spacial score (nSPS) is 10.9. The smallest absolute Gasteiger partial charge is 0.248 e. The van der Waals surface area contributed by atoms with Crippen LogP contribution in [-0.4, -0.2) is 23.1 Å². The Kier molecular flexibility index (Phi) is 6.79. The number of anilines is 3. The van der Waals surface area contributed by atoms with Crippen LogP contribution in [0.1, 0.15) is 12.6 Å². The molecule has 1 N–H and O–H groups in total. The Balaban J connectivity index is 1.72. The molecule has 0 aliphatic carbocycles. The van der Waals surface area contributed by atoms with Gasteiger partial charge in [-0.2, -0.15) is 0 Å². The maximum atomic E-state index is 14.1. The van der Waals surface area contributed by atoms with Gasteiger partial charge in [-0.3, -0.25) is 14.5 Å². The maximum Gasteiger partial charge on any atom is 0.248 e. The van der Waals surface area contributed by atoms with E-state index in [-0.39, 0.29) is 17.5 Å². The molecule has 5 nitrogen and oxygen atoms in total. The van der Waals surface area contributed by atoms with E-state index in [1.54, 1.807) is 35.4 Å². The highest BCUT2D eigenvalue weighted by atomic mass is 32.2. The number of carbonyl (C=O) groups excluding carboxylic acids is 2. The highest BCUT2D eigenvalue weighted by Gasteiger charge is 2.20. The SMILES string of the molecule is CSc1ccc(NC(=O)/C=C/c2csc(N(C(C)=O)c3ccccc3F)n2)cc1. The number of carbonyl (C=O) groups is 2. The minimum atomic E-state index is -0.512. The number of thioether (sulfide) groups is 1. The molecule has 1 heterocycles. The van der Waals surface area contributed by atoms with Crippen molar-refractivity contribution in [2.45, 2.75) is 11.8 Å². The van der Waals surface area contributed by atoms with Gasteiger partial charge in [-0.15, -0.1) is 23.1 Å². The van der Waals surface area contributed by atoms with Crippen LogP contribution in [0.3, 0.4) is 0 Å².